The van der Waals surface area contributed by atoms with Crippen LogP contribution in [0.1, 0.15) is 5.01 Å². The number of anilines is 2. The van der Waals surface area contributed by atoms with Crippen molar-refractivity contribution in [1.82, 2.24) is 20.0 Å². The van der Waals surface area contributed by atoms with E-state index in [1.165, 1.54) is 14.7 Å². The number of ether oxygens (including phenoxy) is 1. The summed E-state index contributed by atoms with van der Waals surface area (Å²) >= 11 is 1.03. The van der Waals surface area contributed by atoms with Crippen molar-refractivity contribution in [2.75, 3.05) is 49.6 Å². The lowest BCUT2D eigenvalue weighted by molar-refractivity contribution is -0.138. The average Bonchev–Trinajstić information content (AvgIpc) is 3.40. The van der Waals surface area contributed by atoms with Crippen molar-refractivity contribution in [1.29, 1.82) is 5.26 Å². The molecule has 0 radical (unpaired) electrons. The van der Waals surface area contributed by atoms with Crippen LogP contribution in [0.25, 0.3) is 0 Å². The molecule has 2 unspecified atom stereocenters. The monoisotopic (exact) mass is 445 g/mol. The summed E-state index contributed by atoms with van der Waals surface area (Å²) in [7, 11) is 1.57. The van der Waals surface area contributed by atoms with Crippen LogP contribution in [-0.4, -0.2) is 84.3 Å². The molecule has 162 valence electrons. The maximum atomic E-state index is 14.7. The standard InChI is InChI=1S/C19H20FN7O3S/c1-24(17-12-27(19(29)30-17)13-5-3-2-4-6-13)16(28)11-25-7-8-26(14(20)10-25)18-23-22-15(9-21)31-18/h2-6,14,17H,7-8,10-12H2,1H3. The molecular weight excluding hydrogens is 425 g/mol. The Kier molecular flexibility index (Phi) is 5.97. The number of hydrogen-bond donors (Lipinski definition) is 0. The van der Waals surface area contributed by atoms with Gasteiger partial charge in [-0.3, -0.25) is 14.6 Å². The van der Waals surface area contributed by atoms with Gasteiger partial charge in [-0.2, -0.15) is 5.26 Å². The second-order valence-corrected chi connectivity index (χ2v) is 8.11. The number of likely N-dealkylation sites (N-methyl/N-ethyl adjacent to an activating group) is 1. The summed E-state index contributed by atoms with van der Waals surface area (Å²) < 4.78 is 20.0. The number of benzene rings is 1. The van der Waals surface area contributed by atoms with Gasteiger partial charge in [0.25, 0.3) is 0 Å². The summed E-state index contributed by atoms with van der Waals surface area (Å²) in [6.45, 7) is 1.01. The Morgan fingerprint density at radius 3 is 2.77 bits per heavy atom. The van der Waals surface area contributed by atoms with Gasteiger partial charge < -0.3 is 14.5 Å². The van der Waals surface area contributed by atoms with Crippen molar-refractivity contribution >= 4 is 34.2 Å². The number of nitrogens with zero attached hydrogens (tertiary/aromatic N) is 7. The molecule has 2 saturated heterocycles. The molecule has 31 heavy (non-hydrogen) atoms. The van der Waals surface area contributed by atoms with Gasteiger partial charge in [-0.15, -0.1) is 10.2 Å². The second-order valence-electron chi connectivity index (χ2n) is 7.15. The van der Waals surface area contributed by atoms with E-state index in [1.807, 2.05) is 24.3 Å². The maximum Gasteiger partial charge on any atom is 0.416 e. The van der Waals surface area contributed by atoms with E-state index < -0.39 is 18.6 Å². The highest BCUT2D eigenvalue weighted by Crippen LogP contribution is 2.25. The van der Waals surface area contributed by atoms with Crippen LogP contribution in [0.15, 0.2) is 30.3 Å². The fourth-order valence-electron chi connectivity index (χ4n) is 3.46. The van der Waals surface area contributed by atoms with Crippen molar-refractivity contribution in [3.05, 3.63) is 35.3 Å². The summed E-state index contributed by atoms with van der Waals surface area (Å²) in [6, 6.07) is 11.0. The predicted molar refractivity (Wildman–Crippen MR) is 110 cm³/mol. The predicted octanol–water partition coefficient (Wildman–Crippen LogP) is 1.27. The Morgan fingerprint density at radius 2 is 2.10 bits per heavy atom. The molecule has 0 saturated carbocycles. The number of amides is 2. The topological polar surface area (TPSA) is 106 Å². The number of alkyl halides is 1. The number of para-hydroxylation sites is 1. The van der Waals surface area contributed by atoms with Crippen molar-refractivity contribution < 1.29 is 18.7 Å². The highest BCUT2D eigenvalue weighted by molar-refractivity contribution is 7.15. The molecule has 2 aromatic rings. The third kappa shape index (κ3) is 4.42. The Morgan fingerprint density at radius 1 is 1.32 bits per heavy atom. The molecule has 4 rings (SSSR count). The molecule has 2 fully saturated rings. The van der Waals surface area contributed by atoms with Crippen LogP contribution in [0.3, 0.4) is 0 Å². The molecule has 2 amide bonds. The molecule has 12 heteroatoms. The number of halogens is 1. The first-order chi connectivity index (χ1) is 15.0. The first kappa shape index (κ1) is 21.0. The zero-order valence-electron chi connectivity index (χ0n) is 16.7. The van der Waals surface area contributed by atoms with Crippen LogP contribution < -0.4 is 9.80 Å². The summed E-state index contributed by atoms with van der Waals surface area (Å²) in [6.07, 6.45) is -2.60. The van der Waals surface area contributed by atoms with Crippen molar-refractivity contribution in [3.63, 3.8) is 0 Å². The fraction of sp³-hybridized carbons (Fsp3) is 0.421. The zero-order valence-corrected chi connectivity index (χ0v) is 17.5. The average molecular weight is 445 g/mol. The van der Waals surface area contributed by atoms with Gasteiger partial charge in [0, 0.05) is 32.4 Å². The largest absolute Gasteiger partial charge is 0.423 e. The Hall–Kier alpha value is -3.30. The first-order valence-corrected chi connectivity index (χ1v) is 10.4. The normalized spacial score (nSPS) is 21.6. The van der Waals surface area contributed by atoms with Crippen LogP contribution in [0.4, 0.5) is 20.0 Å². The summed E-state index contributed by atoms with van der Waals surface area (Å²) in [5.41, 5.74) is 0.698. The minimum atomic E-state index is -1.37. The van der Waals surface area contributed by atoms with E-state index in [0.717, 1.165) is 11.3 Å². The van der Waals surface area contributed by atoms with Gasteiger partial charge in [0.1, 0.15) is 6.07 Å². The number of rotatable bonds is 5. The molecule has 10 nitrogen and oxygen atoms in total. The molecule has 3 heterocycles. The minimum absolute atomic E-state index is 0.00368. The molecule has 0 spiro atoms. The van der Waals surface area contributed by atoms with Gasteiger partial charge in [0.2, 0.25) is 16.0 Å². The zero-order chi connectivity index (χ0) is 22.0. The number of cyclic esters (lactones) is 1. The molecule has 1 aromatic carbocycles. The van der Waals surface area contributed by atoms with Crippen LogP contribution >= 0.6 is 11.3 Å². The lowest BCUT2D eigenvalue weighted by atomic mass is 10.3. The SMILES string of the molecule is CN(C(=O)CN1CCN(c2nnc(C#N)s2)C(F)C1)C1CN(c2ccccc2)C(=O)O1. The third-order valence-corrected chi connectivity index (χ3v) is 6.07. The smallest absolute Gasteiger partial charge is 0.416 e. The van der Waals surface area contributed by atoms with Gasteiger partial charge in [-0.25, -0.2) is 9.18 Å². The van der Waals surface area contributed by atoms with Crippen molar-refractivity contribution in [2.45, 2.75) is 12.5 Å². The van der Waals surface area contributed by atoms with Crippen molar-refractivity contribution in [2.24, 2.45) is 0 Å². The van der Waals surface area contributed by atoms with Crippen molar-refractivity contribution in [3.8, 4) is 6.07 Å². The van der Waals surface area contributed by atoms with E-state index in [-0.39, 0.29) is 30.5 Å². The second kappa shape index (κ2) is 8.83. The Labute approximate surface area is 182 Å². The van der Waals surface area contributed by atoms with Crippen LogP contribution in [0, 0.1) is 11.3 Å². The van der Waals surface area contributed by atoms with E-state index in [0.29, 0.717) is 23.9 Å². The molecular formula is C19H20FN7O3S. The van der Waals surface area contributed by atoms with E-state index in [4.69, 9.17) is 10.00 Å². The van der Waals surface area contributed by atoms with E-state index in [9.17, 15) is 14.0 Å². The lowest BCUT2D eigenvalue weighted by Gasteiger charge is -2.37. The van der Waals surface area contributed by atoms with Crippen LogP contribution in [-0.2, 0) is 9.53 Å². The highest BCUT2D eigenvalue weighted by atomic mass is 32.1. The molecule has 0 bridgehead atoms. The highest BCUT2D eigenvalue weighted by Gasteiger charge is 2.37. The van der Waals surface area contributed by atoms with Gasteiger partial charge in [0.15, 0.2) is 12.5 Å². The van der Waals surface area contributed by atoms with Crippen LogP contribution in [0.2, 0.25) is 0 Å². The minimum Gasteiger partial charge on any atom is -0.423 e. The molecule has 2 aliphatic rings. The van der Waals surface area contributed by atoms with E-state index in [1.54, 1.807) is 24.1 Å². The molecule has 0 aliphatic carbocycles. The number of carbonyl (C=O) groups excluding carboxylic acids is 2. The third-order valence-electron chi connectivity index (χ3n) is 5.21. The maximum absolute atomic E-state index is 14.7. The summed E-state index contributed by atoms with van der Waals surface area (Å²) in [5.74, 6) is -0.268. The number of nitriles is 1. The lowest BCUT2D eigenvalue weighted by Crippen LogP contribution is -2.54. The first-order valence-electron chi connectivity index (χ1n) is 9.62. The van der Waals surface area contributed by atoms with Crippen LogP contribution in [0.5, 0.6) is 0 Å². The number of hydrogen-bond acceptors (Lipinski definition) is 9. The van der Waals surface area contributed by atoms with Gasteiger partial charge >= 0.3 is 6.09 Å². The van der Waals surface area contributed by atoms with E-state index in [2.05, 4.69) is 10.2 Å². The van der Waals surface area contributed by atoms with Gasteiger partial charge in [0.05, 0.1) is 13.1 Å². The van der Waals surface area contributed by atoms with E-state index >= 15 is 0 Å². The number of aromatic nitrogens is 2. The van der Waals surface area contributed by atoms with Gasteiger partial charge in [-0.1, -0.05) is 29.5 Å². The number of carbonyl (C=O) groups is 2. The number of piperazine rings is 1. The van der Waals surface area contributed by atoms with Gasteiger partial charge in [-0.05, 0) is 12.1 Å². The summed E-state index contributed by atoms with van der Waals surface area (Å²) in [4.78, 5) is 30.9. The Balaban J connectivity index is 1.31. The molecule has 2 aliphatic heterocycles. The quantitative estimate of drug-likeness (QED) is 0.634. The summed E-state index contributed by atoms with van der Waals surface area (Å²) in [5, 5.41) is 16.9. The molecule has 0 N–H and O–H groups in total. The molecule has 1 aromatic heterocycles. The Bertz CT molecular complexity index is 998. The fourth-order valence-corrected chi connectivity index (χ4v) is 4.16. The molecule has 2 atom stereocenters.